The summed E-state index contributed by atoms with van der Waals surface area (Å²) in [5.41, 5.74) is 1.45. The predicted octanol–water partition coefficient (Wildman–Crippen LogP) is 0.362. The molecule has 0 fully saturated rings. The second-order valence-electron chi connectivity index (χ2n) is 2.98. The summed E-state index contributed by atoms with van der Waals surface area (Å²) in [6, 6.07) is 0. The van der Waals surface area contributed by atoms with Gasteiger partial charge >= 0.3 is 0 Å². The molecule has 0 spiro atoms. The maximum absolute atomic E-state index is 9.60. The minimum absolute atomic E-state index is 0.00943. The molecule has 13 heavy (non-hydrogen) atoms. The van der Waals surface area contributed by atoms with Crippen LogP contribution in [0.1, 0.15) is 17.4 Å². The second-order valence-corrected chi connectivity index (χ2v) is 3.28. The van der Waals surface area contributed by atoms with Gasteiger partial charge in [-0.25, -0.2) is 0 Å². The van der Waals surface area contributed by atoms with E-state index in [1.165, 1.54) is 6.20 Å². The fraction of sp³-hybridized carbons (Fsp3) is 0.625. The summed E-state index contributed by atoms with van der Waals surface area (Å²) in [5, 5.41) is 22.8. The Morgan fingerprint density at radius 1 is 1.62 bits per heavy atom. The number of hydrogen-bond donors (Lipinski definition) is 2. The molecule has 0 amide bonds. The molecule has 4 nitrogen and oxygen atoms in total. The lowest BCUT2D eigenvalue weighted by molar-refractivity contribution is 0.0322. The van der Waals surface area contributed by atoms with Crippen LogP contribution < -0.4 is 0 Å². The van der Waals surface area contributed by atoms with Crippen molar-refractivity contribution >= 4 is 11.6 Å². The molecular formula is C8H13ClN2O2. The SMILES string of the molecule is Cc1c(C(O)C(O)CCl)cnn1C. The van der Waals surface area contributed by atoms with Gasteiger partial charge in [-0.3, -0.25) is 4.68 Å². The Bertz CT molecular complexity index is 288. The standard InChI is InChI=1S/C8H13ClN2O2/c1-5-6(4-10-11(5)2)8(13)7(12)3-9/h4,7-8,12-13H,3H2,1-2H3. The van der Waals surface area contributed by atoms with Gasteiger partial charge in [-0.2, -0.15) is 5.10 Å². The third-order valence-electron chi connectivity index (χ3n) is 2.11. The van der Waals surface area contributed by atoms with Gasteiger partial charge in [0, 0.05) is 18.3 Å². The molecule has 2 unspecified atom stereocenters. The molecule has 74 valence electrons. The second kappa shape index (κ2) is 4.09. The Morgan fingerprint density at radius 3 is 2.62 bits per heavy atom. The molecule has 0 aliphatic heterocycles. The third kappa shape index (κ3) is 2.02. The highest BCUT2D eigenvalue weighted by Gasteiger charge is 2.20. The Morgan fingerprint density at radius 2 is 2.23 bits per heavy atom. The number of aryl methyl sites for hydroxylation is 1. The molecule has 0 aliphatic rings. The maximum Gasteiger partial charge on any atom is 0.109 e. The van der Waals surface area contributed by atoms with Crippen LogP contribution in [0.5, 0.6) is 0 Å². The first kappa shape index (κ1) is 10.5. The van der Waals surface area contributed by atoms with Gasteiger partial charge in [0.05, 0.1) is 18.2 Å². The first-order valence-corrected chi connectivity index (χ1v) is 4.52. The van der Waals surface area contributed by atoms with Gasteiger partial charge in [-0.05, 0) is 6.92 Å². The smallest absolute Gasteiger partial charge is 0.109 e. The molecule has 1 aromatic rings. The van der Waals surface area contributed by atoms with Crippen LogP contribution in [0.2, 0.25) is 0 Å². The summed E-state index contributed by atoms with van der Waals surface area (Å²) < 4.78 is 1.64. The monoisotopic (exact) mass is 204 g/mol. The van der Waals surface area contributed by atoms with Crippen molar-refractivity contribution in [2.45, 2.75) is 19.1 Å². The Balaban J connectivity index is 2.88. The van der Waals surface area contributed by atoms with Gasteiger partial charge in [0.1, 0.15) is 6.10 Å². The fourth-order valence-corrected chi connectivity index (χ4v) is 1.27. The lowest BCUT2D eigenvalue weighted by Crippen LogP contribution is -2.20. The normalized spacial score (nSPS) is 15.8. The van der Waals surface area contributed by atoms with Crippen molar-refractivity contribution in [3.8, 4) is 0 Å². The zero-order valence-corrected chi connectivity index (χ0v) is 8.36. The number of alkyl halides is 1. The summed E-state index contributed by atoms with van der Waals surface area (Å²) >= 11 is 5.42. The van der Waals surface area contributed by atoms with E-state index in [9.17, 15) is 10.2 Å². The Hall–Kier alpha value is -0.580. The topological polar surface area (TPSA) is 58.3 Å². The van der Waals surface area contributed by atoms with E-state index in [-0.39, 0.29) is 5.88 Å². The molecule has 2 atom stereocenters. The van der Waals surface area contributed by atoms with Crippen LogP contribution in [0.3, 0.4) is 0 Å². The van der Waals surface area contributed by atoms with Crippen LogP contribution in [0.15, 0.2) is 6.20 Å². The van der Waals surface area contributed by atoms with Gasteiger partial charge in [0.15, 0.2) is 0 Å². The largest absolute Gasteiger partial charge is 0.389 e. The van der Waals surface area contributed by atoms with Gasteiger partial charge in [0.2, 0.25) is 0 Å². The quantitative estimate of drug-likeness (QED) is 0.700. The van der Waals surface area contributed by atoms with Crippen molar-refractivity contribution in [3.05, 3.63) is 17.5 Å². The van der Waals surface area contributed by atoms with Crippen molar-refractivity contribution in [1.29, 1.82) is 0 Å². The summed E-state index contributed by atoms with van der Waals surface area (Å²) in [5.74, 6) is 0.00943. The average molecular weight is 205 g/mol. The van der Waals surface area contributed by atoms with E-state index < -0.39 is 12.2 Å². The number of aliphatic hydroxyl groups excluding tert-OH is 2. The van der Waals surface area contributed by atoms with E-state index >= 15 is 0 Å². The zero-order valence-electron chi connectivity index (χ0n) is 7.61. The van der Waals surface area contributed by atoms with Crippen LogP contribution in [0.4, 0.5) is 0 Å². The van der Waals surface area contributed by atoms with E-state index in [0.717, 1.165) is 5.69 Å². The van der Waals surface area contributed by atoms with Gasteiger partial charge in [-0.15, -0.1) is 11.6 Å². The molecule has 1 rings (SSSR count). The molecule has 2 N–H and O–H groups in total. The third-order valence-corrected chi connectivity index (χ3v) is 2.43. The van der Waals surface area contributed by atoms with Crippen LogP contribution in [0.25, 0.3) is 0 Å². The Kier molecular flexibility index (Phi) is 3.30. The molecule has 1 aromatic heterocycles. The Labute approximate surface area is 81.8 Å². The average Bonchev–Trinajstić information content (AvgIpc) is 2.45. The molecule has 0 saturated carbocycles. The van der Waals surface area contributed by atoms with Gasteiger partial charge in [-0.1, -0.05) is 0 Å². The van der Waals surface area contributed by atoms with Crippen LogP contribution >= 0.6 is 11.6 Å². The molecule has 5 heteroatoms. The number of aromatic nitrogens is 2. The van der Waals surface area contributed by atoms with Gasteiger partial charge < -0.3 is 10.2 Å². The molecule has 0 saturated heterocycles. The lowest BCUT2D eigenvalue weighted by Gasteiger charge is -2.14. The first-order chi connectivity index (χ1) is 6.07. The van der Waals surface area contributed by atoms with Crippen LogP contribution in [-0.4, -0.2) is 32.0 Å². The zero-order chi connectivity index (χ0) is 10.0. The summed E-state index contributed by atoms with van der Waals surface area (Å²) in [6.45, 7) is 1.83. The molecule has 0 aromatic carbocycles. The molecule has 0 aliphatic carbocycles. The number of hydrogen-bond acceptors (Lipinski definition) is 3. The minimum Gasteiger partial charge on any atom is -0.389 e. The van der Waals surface area contributed by atoms with Crippen molar-refractivity contribution < 1.29 is 10.2 Å². The highest BCUT2D eigenvalue weighted by molar-refractivity contribution is 6.18. The summed E-state index contributed by atoms with van der Waals surface area (Å²) in [6.07, 6.45) is -0.355. The number of rotatable bonds is 3. The van der Waals surface area contributed by atoms with E-state index in [4.69, 9.17) is 11.6 Å². The maximum atomic E-state index is 9.60. The minimum atomic E-state index is -0.953. The summed E-state index contributed by atoms with van der Waals surface area (Å²) in [4.78, 5) is 0. The van der Waals surface area contributed by atoms with Crippen LogP contribution in [0, 0.1) is 6.92 Å². The molecular weight excluding hydrogens is 192 g/mol. The van der Waals surface area contributed by atoms with E-state index in [2.05, 4.69) is 5.10 Å². The molecule has 0 bridgehead atoms. The summed E-state index contributed by atoms with van der Waals surface area (Å²) in [7, 11) is 1.78. The lowest BCUT2D eigenvalue weighted by atomic mass is 10.1. The fourth-order valence-electron chi connectivity index (χ4n) is 1.10. The number of halogens is 1. The van der Waals surface area contributed by atoms with Crippen molar-refractivity contribution in [2.24, 2.45) is 7.05 Å². The van der Waals surface area contributed by atoms with E-state index in [1.54, 1.807) is 11.7 Å². The number of aliphatic hydroxyl groups is 2. The molecule has 0 radical (unpaired) electrons. The van der Waals surface area contributed by atoms with E-state index in [0.29, 0.717) is 5.56 Å². The van der Waals surface area contributed by atoms with Crippen molar-refractivity contribution in [1.82, 2.24) is 9.78 Å². The first-order valence-electron chi connectivity index (χ1n) is 3.98. The highest BCUT2D eigenvalue weighted by atomic mass is 35.5. The van der Waals surface area contributed by atoms with Crippen molar-refractivity contribution in [3.63, 3.8) is 0 Å². The highest BCUT2D eigenvalue weighted by Crippen LogP contribution is 2.20. The number of nitrogens with zero attached hydrogens (tertiary/aromatic N) is 2. The molecule has 1 heterocycles. The van der Waals surface area contributed by atoms with E-state index in [1.807, 2.05) is 6.92 Å². The predicted molar refractivity (Wildman–Crippen MR) is 49.6 cm³/mol. The van der Waals surface area contributed by atoms with Crippen LogP contribution in [-0.2, 0) is 7.05 Å². The van der Waals surface area contributed by atoms with Crippen molar-refractivity contribution in [2.75, 3.05) is 5.88 Å². The van der Waals surface area contributed by atoms with Gasteiger partial charge in [0.25, 0.3) is 0 Å².